The van der Waals surface area contributed by atoms with Gasteiger partial charge in [-0.25, -0.2) is 9.59 Å². The van der Waals surface area contributed by atoms with Gasteiger partial charge >= 0.3 is 12.0 Å². The summed E-state index contributed by atoms with van der Waals surface area (Å²) in [7, 11) is 1.30. The second-order valence-corrected chi connectivity index (χ2v) is 5.67. The number of esters is 1. The number of urea groups is 1. The van der Waals surface area contributed by atoms with Gasteiger partial charge in [-0.2, -0.15) is 0 Å². The minimum absolute atomic E-state index is 0.253. The van der Waals surface area contributed by atoms with E-state index in [1.807, 2.05) is 26.8 Å². The molecule has 1 aromatic carbocycles. The summed E-state index contributed by atoms with van der Waals surface area (Å²) in [5.74, 6) is -0.205. The third-order valence-corrected chi connectivity index (χ3v) is 3.34. The van der Waals surface area contributed by atoms with Crippen LogP contribution in [-0.4, -0.2) is 25.2 Å². The summed E-state index contributed by atoms with van der Waals surface area (Å²) in [6.45, 7) is 5.81. The van der Waals surface area contributed by atoms with Crippen LogP contribution in [0.2, 0.25) is 5.02 Å². The Morgan fingerprint density at radius 3 is 2.52 bits per heavy atom. The molecule has 0 unspecified atom stereocenters. The molecule has 5 nitrogen and oxygen atoms in total. The first-order chi connectivity index (χ1) is 9.83. The van der Waals surface area contributed by atoms with Gasteiger partial charge in [0.1, 0.15) is 6.04 Å². The molecule has 1 aromatic rings. The maximum Gasteiger partial charge on any atom is 0.328 e. The molecule has 2 N–H and O–H groups in total. The van der Waals surface area contributed by atoms with Crippen LogP contribution in [0.25, 0.3) is 0 Å². The van der Waals surface area contributed by atoms with Gasteiger partial charge in [0.2, 0.25) is 0 Å². The smallest absolute Gasteiger partial charge is 0.328 e. The maximum absolute atomic E-state index is 11.9. The highest BCUT2D eigenvalue weighted by Gasteiger charge is 2.22. The predicted molar refractivity (Wildman–Crippen MR) is 83.6 cm³/mol. The van der Waals surface area contributed by atoms with Crippen LogP contribution in [0, 0.1) is 12.8 Å². The Morgan fingerprint density at radius 2 is 2.00 bits per heavy atom. The Morgan fingerprint density at radius 1 is 1.33 bits per heavy atom. The topological polar surface area (TPSA) is 67.4 Å². The summed E-state index contributed by atoms with van der Waals surface area (Å²) in [4.78, 5) is 23.6. The number of benzene rings is 1. The fraction of sp³-hybridized carbons (Fsp3) is 0.467. The van der Waals surface area contributed by atoms with E-state index in [1.54, 1.807) is 12.1 Å². The molecule has 0 aromatic heterocycles. The fourth-order valence-electron chi connectivity index (χ4n) is 1.82. The Labute approximate surface area is 130 Å². The maximum atomic E-state index is 11.9. The van der Waals surface area contributed by atoms with Crippen molar-refractivity contribution in [2.75, 3.05) is 12.4 Å². The van der Waals surface area contributed by atoms with Gasteiger partial charge in [0, 0.05) is 10.7 Å². The largest absolute Gasteiger partial charge is 0.467 e. The van der Waals surface area contributed by atoms with Crippen LogP contribution in [0.4, 0.5) is 10.5 Å². The van der Waals surface area contributed by atoms with Crippen molar-refractivity contribution in [2.45, 2.75) is 33.2 Å². The molecule has 2 amide bonds. The molecule has 0 fully saturated rings. The van der Waals surface area contributed by atoms with Crippen LogP contribution in [0.3, 0.4) is 0 Å². The van der Waals surface area contributed by atoms with Gasteiger partial charge in [-0.1, -0.05) is 31.5 Å². The summed E-state index contributed by atoms with van der Waals surface area (Å²) in [6, 6.07) is 4.08. The first-order valence-electron chi connectivity index (χ1n) is 6.75. The van der Waals surface area contributed by atoms with Crippen molar-refractivity contribution in [3.05, 3.63) is 28.8 Å². The normalized spacial score (nSPS) is 11.9. The number of methoxy groups -OCH3 is 1. The van der Waals surface area contributed by atoms with Gasteiger partial charge in [0.25, 0.3) is 0 Å². The zero-order chi connectivity index (χ0) is 16.0. The number of amides is 2. The van der Waals surface area contributed by atoms with Gasteiger partial charge < -0.3 is 15.4 Å². The highest BCUT2D eigenvalue weighted by Crippen LogP contribution is 2.19. The van der Waals surface area contributed by atoms with E-state index in [4.69, 9.17) is 16.3 Å². The lowest BCUT2D eigenvalue weighted by Gasteiger charge is -2.18. The average Bonchev–Trinajstić information content (AvgIpc) is 2.40. The molecule has 1 rings (SSSR count). The minimum atomic E-state index is -0.670. The number of ether oxygens (including phenoxy) is 1. The second-order valence-electron chi connectivity index (χ2n) is 5.27. The third-order valence-electron chi connectivity index (χ3n) is 2.93. The zero-order valence-corrected chi connectivity index (χ0v) is 13.5. The van der Waals surface area contributed by atoms with Gasteiger partial charge in [0.15, 0.2) is 0 Å². The Bertz CT molecular complexity index is 518. The average molecular weight is 313 g/mol. The summed E-state index contributed by atoms with van der Waals surface area (Å²) < 4.78 is 4.70. The van der Waals surface area contributed by atoms with Crippen LogP contribution >= 0.6 is 11.6 Å². The highest BCUT2D eigenvalue weighted by atomic mass is 35.5. The zero-order valence-electron chi connectivity index (χ0n) is 12.7. The number of hydrogen-bond donors (Lipinski definition) is 2. The molecular formula is C15H21ClN2O3. The monoisotopic (exact) mass is 312 g/mol. The van der Waals surface area contributed by atoms with Crippen LogP contribution in [0.15, 0.2) is 18.2 Å². The Balaban J connectivity index is 2.68. The molecular weight excluding hydrogens is 292 g/mol. The first kappa shape index (κ1) is 17.3. The van der Waals surface area contributed by atoms with E-state index in [0.29, 0.717) is 17.1 Å². The number of anilines is 1. The molecule has 0 bridgehead atoms. The van der Waals surface area contributed by atoms with E-state index in [0.717, 1.165) is 5.56 Å². The number of aryl methyl sites for hydroxylation is 1. The van der Waals surface area contributed by atoms with Crippen molar-refractivity contribution >= 4 is 29.3 Å². The summed E-state index contributed by atoms with van der Waals surface area (Å²) >= 11 is 6.00. The van der Waals surface area contributed by atoms with Crippen LogP contribution in [0.1, 0.15) is 25.8 Å². The molecule has 0 saturated carbocycles. The lowest BCUT2D eigenvalue weighted by Crippen LogP contribution is -2.44. The number of rotatable bonds is 5. The highest BCUT2D eigenvalue weighted by molar-refractivity contribution is 6.31. The van der Waals surface area contributed by atoms with Gasteiger partial charge in [-0.15, -0.1) is 0 Å². The predicted octanol–water partition coefficient (Wildman–Crippen LogP) is 3.36. The number of carbonyl (C=O) groups is 2. The first-order valence-corrected chi connectivity index (χ1v) is 7.12. The van der Waals surface area contributed by atoms with Crippen molar-refractivity contribution in [1.82, 2.24) is 5.32 Å². The lowest BCUT2D eigenvalue weighted by molar-refractivity contribution is -0.143. The summed E-state index contributed by atoms with van der Waals surface area (Å²) in [5, 5.41) is 5.83. The van der Waals surface area contributed by atoms with E-state index in [2.05, 4.69) is 10.6 Å². The molecule has 0 aliphatic carbocycles. The molecule has 1 atom stereocenters. The molecule has 116 valence electrons. The Hall–Kier alpha value is -1.75. The van der Waals surface area contributed by atoms with E-state index in [9.17, 15) is 9.59 Å². The van der Waals surface area contributed by atoms with E-state index in [1.165, 1.54) is 7.11 Å². The van der Waals surface area contributed by atoms with Crippen molar-refractivity contribution in [3.63, 3.8) is 0 Å². The molecule has 21 heavy (non-hydrogen) atoms. The van der Waals surface area contributed by atoms with Crippen LogP contribution in [-0.2, 0) is 9.53 Å². The van der Waals surface area contributed by atoms with Crippen LogP contribution in [0.5, 0.6) is 0 Å². The SMILES string of the molecule is COC(=O)[C@H](CC(C)C)NC(=O)Nc1ccc(C)c(Cl)c1. The van der Waals surface area contributed by atoms with Crippen molar-refractivity contribution in [1.29, 1.82) is 0 Å². The summed E-state index contributed by atoms with van der Waals surface area (Å²) in [5.41, 5.74) is 1.49. The minimum Gasteiger partial charge on any atom is -0.467 e. The third kappa shape index (κ3) is 5.63. The molecule has 0 saturated heterocycles. The van der Waals surface area contributed by atoms with E-state index in [-0.39, 0.29) is 5.92 Å². The second kappa shape index (κ2) is 7.88. The summed E-state index contributed by atoms with van der Waals surface area (Å²) in [6.07, 6.45) is 0.509. The number of carbonyl (C=O) groups excluding carboxylic acids is 2. The van der Waals surface area contributed by atoms with Gasteiger partial charge in [-0.3, -0.25) is 0 Å². The van der Waals surface area contributed by atoms with Crippen molar-refractivity contribution in [3.8, 4) is 0 Å². The number of halogens is 1. The van der Waals surface area contributed by atoms with E-state index < -0.39 is 18.0 Å². The van der Waals surface area contributed by atoms with Crippen LogP contribution < -0.4 is 10.6 Å². The molecule has 0 aliphatic heterocycles. The van der Waals surface area contributed by atoms with Gasteiger partial charge in [-0.05, 0) is 37.0 Å². The van der Waals surface area contributed by atoms with Gasteiger partial charge in [0.05, 0.1) is 7.11 Å². The standard InChI is InChI=1S/C15H21ClN2O3/c1-9(2)7-13(14(19)21-4)18-15(20)17-11-6-5-10(3)12(16)8-11/h5-6,8-9,13H,7H2,1-4H3,(H2,17,18,20)/t13-/m0/s1. The number of hydrogen-bond acceptors (Lipinski definition) is 3. The molecule has 0 aliphatic rings. The van der Waals surface area contributed by atoms with Crippen molar-refractivity contribution < 1.29 is 14.3 Å². The molecule has 0 radical (unpaired) electrons. The van der Waals surface area contributed by atoms with E-state index >= 15 is 0 Å². The quantitative estimate of drug-likeness (QED) is 0.819. The number of nitrogens with one attached hydrogen (secondary N) is 2. The molecule has 0 heterocycles. The fourth-order valence-corrected chi connectivity index (χ4v) is 2.00. The van der Waals surface area contributed by atoms with Crippen molar-refractivity contribution in [2.24, 2.45) is 5.92 Å². The Kier molecular flexibility index (Phi) is 6.49. The lowest BCUT2D eigenvalue weighted by atomic mass is 10.0. The molecule has 0 spiro atoms. The molecule has 6 heteroatoms.